The Kier molecular flexibility index (Phi) is 5.84. The van der Waals surface area contributed by atoms with E-state index < -0.39 is 5.97 Å². The standard InChI is InChI=1S/C21H21N3O4/c1-4-24(21(26)16-8-10-18(11-9-16)27-15(3)25)13-19-22-20(23-28-19)17-7-5-6-14(2)12-17/h5-12H,4,13H2,1-3H3. The number of hydrogen-bond acceptors (Lipinski definition) is 6. The van der Waals surface area contributed by atoms with Crippen LogP contribution >= 0.6 is 0 Å². The quantitative estimate of drug-likeness (QED) is 0.480. The molecule has 0 aliphatic rings. The molecule has 7 heteroatoms. The van der Waals surface area contributed by atoms with Crippen molar-refractivity contribution in [2.45, 2.75) is 27.3 Å². The third-order valence-corrected chi connectivity index (χ3v) is 4.10. The summed E-state index contributed by atoms with van der Waals surface area (Å²) in [5, 5.41) is 4.01. The first-order valence-corrected chi connectivity index (χ1v) is 8.93. The second-order valence-corrected chi connectivity index (χ2v) is 6.32. The third-order valence-electron chi connectivity index (χ3n) is 4.10. The molecule has 0 bridgehead atoms. The van der Waals surface area contributed by atoms with Crippen LogP contribution in [0.2, 0.25) is 0 Å². The van der Waals surface area contributed by atoms with E-state index in [1.54, 1.807) is 29.2 Å². The average Bonchev–Trinajstić information content (AvgIpc) is 3.14. The zero-order valence-electron chi connectivity index (χ0n) is 16.0. The lowest BCUT2D eigenvalue weighted by Crippen LogP contribution is -2.30. The van der Waals surface area contributed by atoms with Crippen molar-refractivity contribution in [3.8, 4) is 17.1 Å². The van der Waals surface area contributed by atoms with E-state index in [4.69, 9.17) is 9.26 Å². The topological polar surface area (TPSA) is 85.5 Å². The molecule has 0 saturated heterocycles. The second-order valence-electron chi connectivity index (χ2n) is 6.32. The lowest BCUT2D eigenvalue weighted by atomic mass is 10.1. The average molecular weight is 379 g/mol. The van der Waals surface area contributed by atoms with E-state index in [-0.39, 0.29) is 12.5 Å². The smallest absolute Gasteiger partial charge is 0.308 e. The van der Waals surface area contributed by atoms with Crippen molar-refractivity contribution < 1.29 is 18.8 Å². The van der Waals surface area contributed by atoms with Crippen molar-refractivity contribution in [3.63, 3.8) is 0 Å². The molecule has 7 nitrogen and oxygen atoms in total. The Morgan fingerprint density at radius 3 is 2.54 bits per heavy atom. The maximum absolute atomic E-state index is 12.8. The number of carbonyl (C=O) groups is 2. The van der Waals surface area contributed by atoms with Crippen LogP contribution in [0.4, 0.5) is 0 Å². The number of carbonyl (C=O) groups excluding carboxylic acids is 2. The van der Waals surface area contributed by atoms with Gasteiger partial charge in [-0.2, -0.15) is 4.98 Å². The predicted molar refractivity (Wildman–Crippen MR) is 103 cm³/mol. The molecule has 0 aliphatic carbocycles. The zero-order valence-corrected chi connectivity index (χ0v) is 16.0. The van der Waals surface area contributed by atoms with Crippen LogP contribution in [0.1, 0.15) is 35.7 Å². The first-order chi connectivity index (χ1) is 13.5. The van der Waals surface area contributed by atoms with E-state index in [0.29, 0.717) is 29.6 Å². The van der Waals surface area contributed by atoms with Crippen LogP contribution in [-0.2, 0) is 11.3 Å². The number of aromatic nitrogens is 2. The van der Waals surface area contributed by atoms with Gasteiger partial charge in [-0.05, 0) is 44.2 Å². The fourth-order valence-electron chi connectivity index (χ4n) is 2.73. The van der Waals surface area contributed by atoms with Gasteiger partial charge in [-0.3, -0.25) is 9.59 Å². The molecule has 1 aromatic heterocycles. The summed E-state index contributed by atoms with van der Waals surface area (Å²) in [5.41, 5.74) is 2.45. The van der Waals surface area contributed by atoms with E-state index in [2.05, 4.69) is 10.1 Å². The highest BCUT2D eigenvalue weighted by Gasteiger charge is 2.18. The van der Waals surface area contributed by atoms with E-state index >= 15 is 0 Å². The summed E-state index contributed by atoms with van der Waals surface area (Å²) >= 11 is 0. The second kappa shape index (κ2) is 8.47. The highest BCUT2D eigenvalue weighted by molar-refractivity contribution is 5.94. The van der Waals surface area contributed by atoms with Gasteiger partial charge in [-0.1, -0.05) is 28.9 Å². The molecule has 1 heterocycles. The van der Waals surface area contributed by atoms with Gasteiger partial charge in [0.2, 0.25) is 11.7 Å². The Labute approximate surface area is 162 Å². The van der Waals surface area contributed by atoms with Gasteiger partial charge in [-0.25, -0.2) is 0 Å². The van der Waals surface area contributed by atoms with Crippen LogP contribution < -0.4 is 4.74 Å². The molecule has 0 fully saturated rings. The first-order valence-electron chi connectivity index (χ1n) is 8.93. The summed E-state index contributed by atoms with van der Waals surface area (Å²) in [7, 11) is 0. The summed E-state index contributed by atoms with van der Waals surface area (Å²) in [6, 6.07) is 14.2. The number of aryl methyl sites for hydroxylation is 1. The van der Waals surface area contributed by atoms with E-state index in [9.17, 15) is 9.59 Å². The molecule has 0 spiro atoms. The number of nitrogens with zero attached hydrogens (tertiary/aromatic N) is 3. The lowest BCUT2D eigenvalue weighted by Gasteiger charge is -2.18. The van der Waals surface area contributed by atoms with Gasteiger partial charge in [0.15, 0.2) is 0 Å². The molecule has 3 aromatic rings. The molecule has 0 N–H and O–H groups in total. The number of hydrogen-bond donors (Lipinski definition) is 0. The molecular formula is C21H21N3O4. The minimum Gasteiger partial charge on any atom is -0.427 e. The van der Waals surface area contributed by atoms with Gasteiger partial charge >= 0.3 is 5.97 Å². The van der Waals surface area contributed by atoms with E-state index in [1.807, 2.05) is 38.1 Å². The minimum atomic E-state index is -0.407. The molecule has 144 valence electrons. The van der Waals surface area contributed by atoms with E-state index in [1.165, 1.54) is 6.92 Å². The zero-order chi connectivity index (χ0) is 20.1. The van der Waals surface area contributed by atoms with Gasteiger partial charge in [-0.15, -0.1) is 0 Å². The molecule has 0 radical (unpaired) electrons. The highest BCUT2D eigenvalue weighted by Crippen LogP contribution is 2.19. The minimum absolute atomic E-state index is 0.174. The Morgan fingerprint density at radius 2 is 1.89 bits per heavy atom. The Balaban J connectivity index is 1.72. The fraction of sp³-hybridized carbons (Fsp3) is 0.238. The van der Waals surface area contributed by atoms with Crippen LogP contribution in [0.5, 0.6) is 5.75 Å². The van der Waals surface area contributed by atoms with Gasteiger partial charge in [0.05, 0.1) is 0 Å². The molecule has 3 rings (SSSR count). The maximum atomic E-state index is 12.8. The van der Waals surface area contributed by atoms with Crippen LogP contribution in [0.3, 0.4) is 0 Å². The van der Waals surface area contributed by atoms with Crippen LogP contribution in [0.25, 0.3) is 11.4 Å². The highest BCUT2D eigenvalue weighted by atomic mass is 16.5. The van der Waals surface area contributed by atoms with Crippen LogP contribution in [0.15, 0.2) is 53.1 Å². The summed E-state index contributed by atoms with van der Waals surface area (Å²) in [6.45, 7) is 5.89. The summed E-state index contributed by atoms with van der Waals surface area (Å²) < 4.78 is 10.3. The maximum Gasteiger partial charge on any atom is 0.308 e. The van der Waals surface area contributed by atoms with Gasteiger partial charge < -0.3 is 14.2 Å². The fourth-order valence-corrected chi connectivity index (χ4v) is 2.73. The van der Waals surface area contributed by atoms with Crippen molar-refractivity contribution in [2.24, 2.45) is 0 Å². The Morgan fingerprint density at radius 1 is 1.14 bits per heavy atom. The van der Waals surface area contributed by atoms with Crippen molar-refractivity contribution in [2.75, 3.05) is 6.54 Å². The van der Waals surface area contributed by atoms with Crippen molar-refractivity contribution in [1.82, 2.24) is 15.0 Å². The Hall–Kier alpha value is -3.48. The SMILES string of the molecule is CCN(Cc1nc(-c2cccc(C)c2)no1)C(=O)c1ccc(OC(C)=O)cc1. The number of amides is 1. The first kappa shape index (κ1) is 19.3. The van der Waals surface area contributed by atoms with Crippen molar-refractivity contribution in [3.05, 3.63) is 65.5 Å². The molecule has 0 unspecified atom stereocenters. The predicted octanol–water partition coefficient (Wildman–Crippen LogP) is 3.63. The van der Waals surface area contributed by atoms with Crippen LogP contribution in [0, 0.1) is 6.92 Å². The molecular weight excluding hydrogens is 358 g/mol. The molecule has 1 amide bonds. The number of benzene rings is 2. The summed E-state index contributed by atoms with van der Waals surface area (Å²) in [4.78, 5) is 29.8. The normalized spacial score (nSPS) is 10.5. The molecule has 28 heavy (non-hydrogen) atoms. The third kappa shape index (κ3) is 4.62. The largest absolute Gasteiger partial charge is 0.427 e. The monoisotopic (exact) mass is 379 g/mol. The Bertz CT molecular complexity index is 979. The van der Waals surface area contributed by atoms with Crippen molar-refractivity contribution in [1.29, 1.82) is 0 Å². The van der Waals surface area contributed by atoms with E-state index in [0.717, 1.165) is 11.1 Å². The van der Waals surface area contributed by atoms with Crippen LogP contribution in [-0.4, -0.2) is 33.5 Å². The van der Waals surface area contributed by atoms with Gasteiger partial charge in [0.25, 0.3) is 5.91 Å². The molecule has 2 aromatic carbocycles. The molecule has 0 atom stereocenters. The summed E-state index contributed by atoms with van der Waals surface area (Å²) in [6.07, 6.45) is 0. The van der Waals surface area contributed by atoms with Gasteiger partial charge in [0, 0.05) is 24.6 Å². The summed E-state index contributed by atoms with van der Waals surface area (Å²) in [5.74, 6) is 0.672. The lowest BCUT2D eigenvalue weighted by molar-refractivity contribution is -0.131. The number of ether oxygens (including phenoxy) is 1. The number of esters is 1. The van der Waals surface area contributed by atoms with Gasteiger partial charge in [0.1, 0.15) is 12.3 Å². The molecule has 0 saturated carbocycles. The number of rotatable bonds is 6. The molecule has 0 aliphatic heterocycles. The van der Waals surface area contributed by atoms with Crippen molar-refractivity contribution >= 4 is 11.9 Å².